The van der Waals surface area contributed by atoms with Gasteiger partial charge in [-0.25, -0.2) is 9.37 Å². The van der Waals surface area contributed by atoms with Crippen molar-refractivity contribution >= 4 is 18.9 Å². The summed E-state index contributed by atoms with van der Waals surface area (Å²) < 4.78 is 61.0. The van der Waals surface area contributed by atoms with Crippen LogP contribution in [0.1, 0.15) is 63.0 Å². The Hall–Kier alpha value is -3.02. The number of aliphatic hydroxyl groups is 1. The van der Waals surface area contributed by atoms with Crippen LogP contribution >= 0.6 is 0 Å². The Morgan fingerprint density at radius 1 is 1.25 bits per heavy atom. The lowest BCUT2D eigenvalue weighted by Gasteiger charge is -2.53. The zero-order valence-electron chi connectivity index (χ0n) is 22.9. The molecule has 1 amide bonds. The number of likely N-dealkylation sites (tertiary alicyclic amines) is 2. The van der Waals surface area contributed by atoms with Gasteiger partial charge in [0.25, 0.3) is 5.91 Å². The van der Waals surface area contributed by atoms with E-state index in [0.29, 0.717) is 31.4 Å². The summed E-state index contributed by atoms with van der Waals surface area (Å²) in [6.45, 7) is 8.54. The molecule has 1 N–H and O–H groups in total. The fraction of sp³-hybridized carbons (Fsp3) is 0.615. The third-order valence-electron chi connectivity index (χ3n) is 8.11. The van der Waals surface area contributed by atoms with Gasteiger partial charge in [0.15, 0.2) is 11.5 Å². The Kier molecular flexibility index (Phi) is 8.06. The van der Waals surface area contributed by atoms with Crippen LogP contribution in [0.2, 0.25) is 0 Å². The number of carbonyl (C=O) groups is 1. The molecule has 40 heavy (non-hydrogen) atoms. The standard InChI is InChI=1S/C26H32BF4N6O3/c1-23(2,39)24(3,4)40-27-17-13-34-37(14-17)25(8-9-32)15-36(16-25)18-6-11-35(12-7-18)22(38)19-5-10-33-21(20(19)28)26(29,30)31/h5,10,13-14,18,39H,6-8,11-12,15-16H2,1-4H3. The fourth-order valence-electron chi connectivity index (χ4n) is 4.88. The Morgan fingerprint density at radius 2 is 1.90 bits per heavy atom. The first-order valence-corrected chi connectivity index (χ1v) is 13.0. The molecular weight excluding hydrogens is 531 g/mol. The highest BCUT2D eigenvalue weighted by atomic mass is 19.4. The summed E-state index contributed by atoms with van der Waals surface area (Å²) in [6.07, 6.45) is 0.592. The molecule has 4 heterocycles. The van der Waals surface area contributed by atoms with E-state index in [1.807, 2.05) is 0 Å². The predicted molar refractivity (Wildman–Crippen MR) is 137 cm³/mol. The third kappa shape index (κ3) is 5.87. The average Bonchev–Trinajstić information content (AvgIpc) is 3.33. The number of pyridine rings is 1. The van der Waals surface area contributed by atoms with Gasteiger partial charge in [0.2, 0.25) is 0 Å². The molecule has 2 aromatic heterocycles. The van der Waals surface area contributed by atoms with Gasteiger partial charge in [-0.05, 0) is 52.1 Å². The number of rotatable bonds is 8. The molecule has 2 aromatic rings. The molecule has 9 nitrogen and oxygen atoms in total. The number of nitriles is 1. The molecule has 0 saturated carbocycles. The monoisotopic (exact) mass is 563 g/mol. The van der Waals surface area contributed by atoms with Gasteiger partial charge in [0, 0.05) is 50.8 Å². The van der Waals surface area contributed by atoms with Crippen molar-refractivity contribution in [2.24, 2.45) is 0 Å². The summed E-state index contributed by atoms with van der Waals surface area (Å²) in [7, 11) is 1.54. The average molecular weight is 563 g/mol. The molecule has 0 spiro atoms. The van der Waals surface area contributed by atoms with Crippen LogP contribution in [0.4, 0.5) is 17.6 Å². The quantitative estimate of drug-likeness (QED) is 0.389. The SMILES string of the molecule is CC(C)(O)C(C)(C)O[B]c1cnn(C2(CC#N)CN(C3CCN(C(=O)c4ccnc(C(F)(F)F)c4F)CC3)C2)c1. The van der Waals surface area contributed by atoms with E-state index in [-0.39, 0.29) is 25.6 Å². The maximum Gasteiger partial charge on any atom is 0.436 e. The summed E-state index contributed by atoms with van der Waals surface area (Å²) in [5.74, 6) is -2.45. The van der Waals surface area contributed by atoms with Crippen LogP contribution in [0, 0.1) is 17.1 Å². The van der Waals surface area contributed by atoms with E-state index in [2.05, 4.69) is 21.1 Å². The van der Waals surface area contributed by atoms with Gasteiger partial charge in [-0.2, -0.15) is 23.5 Å². The van der Waals surface area contributed by atoms with Crippen molar-refractivity contribution in [1.29, 1.82) is 5.26 Å². The minimum absolute atomic E-state index is 0.0985. The second-order valence-electron chi connectivity index (χ2n) is 11.5. The Bertz CT molecular complexity index is 1270. The molecule has 215 valence electrons. The van der Waals surface area contributed by atoms with Gasteiger partial charge < -0.3 is 14.7 Å². The highest BCUT2D eigenvalue weighted by Gasteiger charge is 2.48. The number of carbonyl (C=O) groups excluding carboxylic acids is 1. The lowest BCUT2D eigenvalue weighted by atomic mass is 9.82. The second-order valence-corrected chi connectivity index (χ2v) is 11.5. The highest BCUT2D eigenvalue weighted by molar-refractivity contribution is 6.46. The van der Waals surface area contributed by atoms with Crippen molar-refractivity contribution in [1.82, 2.24) is 24.6 Å². The largest absolute Gasteiger partial charge is 0.436 e. The zero-order chi connectivity index (χ0) is 29.5. The van der Waals surface area contributed by atoms with E-state index < -0.39 is 45.9 Å². The number of hydrogen-bond donors (Lipinski definition) is 1. The fourth-order valence-corrected chi connectivity index (χ4v) is 4.88. The van der Waals surface area contributed by atoms with Crippen LogP contribution < -0.4 is 5.46 Å². The number of amides is 1. The summed E-state index contributed by atoms with van der Waals surface area (Å²) >= 11 is 0. The van der Waals surface area contributed by atoms with Crippen LogP contribution in [-0.4, -0.2) is 86.5 Å². The van der Waals surface area contributed by atoms with Crippen molar-refractivity contribution in [2.75, 3.05) is 26.2 Å². The maximum absolute atomic E-state index is 14.4. The van der Waals surface area contributed by atoms with Gasteiger partial charge in [-0.15, -0.1) is 0 Å². The van der Waals surface area contributed by atoms with Crippen molar-refractivity contribution in [3.63, 3.8) is 0 Å². The first-order chi connectivity index (χ1) is 18.6. The molecule has 0 bridgehead atoms. The van der Waals surface area contributed by atoms with E-state index in [9.17, 15) is 32.7 Å². The van der Waals surface area contributed by atoms with Gasteiger partial charge in [-0.3, -0.25) is 14.4 Å². The van der Waals surface area contributed by atoms with E-state index in [0.717, 1.165) is 12.3 Å². The third-order valence-corrected chi connectivity index (χ3v) is 8.11. The van der Waals surface area contributed by atoms with E-state index in [1.54, 1.807) is 44.8 Å². The normalized spacial score (nSPS) is 18.8. The second kappa shape index (κ2) is 10.8. The Labute approximate surface area is 231 Å². The first-order valence-electron chi connectivity index (χ1n) is 13.0. The number of alkyl halides is 3. The summed E-state index contributed by atoms with van der Waals surface area (Å²) in [6, 6.07) is 3.31. The van der Waals surface area contributed by atoms with E-state index in [1.165, 1.54) is 12.4 Å². The minimum atomic E-state index is -4.99. The summed E-state index contributed by atoms with van der Waals surface area (Å²) in [4.78, 5) is 19.4. The molecule has 14 heteroatoms. The molecule has 2 aliphatic rings. The van der Waals surface area contributed by atoms with Crippen molar-refractivity contribution in [3.8, 4) is 6.07 Å². The van der Waals surface area contributed by atoms with Crippen LogP contribution in [-0.2, 0) is 16.4 Å². The van der Waals surface area contributed by atoms with Gasteiger partial charge >= 0.3 is 13.7 Å². The highest BCUT2D eigenvalue weighted by Crippen LogP contribution is 2.36. The first kappa shape index (κ1) is 30.0. The van der Waals surface area contributed by atoms with E-state index >= 15 is 0 Å². The van der Waals surface area contributed by atoms with Gasteiger partial charge in [0.1, 0.15) is 5.54 Å². The van der Waals surface area contributed by atoms with Crippen LogP contribution in [0.5, 0.6) is 0 Å². The molecule has 0 aliphatic carbocycles. The van der Waals surface area contributed by atoms with E-state index in [4.69, 9.17) is 4.65 Å². The smallest absolute Gasteiger partial charge is 0.427 e. The topological polar surface area (TPSA) is 108 Å². The van der Waals surface area contributed by atoms with Crippen molar-refractivity contribution < 1.29 is 32.1 Å². The molecule has 1 radical (unpaired) electrons. The molecule has 0 atom stereocenters. The molecule has 0 unspecified atom stereocenters. The van der Waals surface area contributed by atoms with Crippen molar-refractivity contribution in [2.45, 2.75) is 75.9 Å². The molecule has 4 rings (SSSR count). The Morgan fingerprint density at radius 3 is 2.48 bits per heavy atom. The Balaban J connectivity index is 1.35. The molecule has 2 saturated heterocycles. The van der Waals surface area contributed by atoms with Gasteiger partial charge in [0.05, 0.1) is 29.3 Å². The lowest BCUT2D eigenvalue weighted by Crippen LogP contribution is -2.66. The number of hydrogen-bond acceptors (Lipinski definition) is 7. The molecular formula is C26H32BF4N6O3. The van der Waals surface area contributed by atoms with Crippen LogP contribution in [0.15, 0.2) is 24.7 Å². The number of aromatic nitrogens is 3. The van der Waals surface area contributed by atoms with Crippen molar-refractivity contribution in [3.05, 3.63) is 41.7 Å². The van der Waals surface area contributed by atoms with Crippen LogP contribution in [0.25, 0.3) is 0 Å². The molecule has 2 fully saturated rings. The number of halogens is 4. The zero-order valence-corrected chi connectivity index (χ0v) is 22.9. The van der Waals surface area contributed by atoms with Gasteiger partial charge in [-0.1, -0.05) is 0 Å². The van der Waals surface area contributed by atoms with Crippen LogP contribution in [0.3, 0.4) is 0 Å². The summed E-state index contributed by atoms with van der Waals surface area (Å²) in [5.41, 5.74) is -4.10. The molecule has 2 aliphatic heterocycles. The number of piperidine rings is 1. The minimum Gasteiger partial charge on any atom is -0.427 e. The predicted octanol–water partition coefficient (Wildman–Crippen LogP) is 2.48. The summed E-state index contributed by atoms with van der Waals surface area (Å²) in [5, 5.41) is 24.3. The molecule has 0 aromatic carbocycles. The number of nitrogens with zero attached hydrogens (tertiary/aromatic N) is 6. The lowest BCUT2D eigenvalue weighted by molar-refractivity contribution is -0.143. The maximum atomic E-state index is 14.4.